The van der Waals surface area contributed by atoms with Gasteiger partial charge in [0.25, 0.3) is 5.91 Å². The summed E-state index contributed by atoms with van der Waals surface area (Å²) < 4.78 is 5.41. The lowest BCUT2D eigenvalue weighted by Crippen LogP contribution is -2.30. The van der Waals surface area contributed by atoms with Crippen LogP contribution >= 0.6 is 11.6 Å². The summed E-state index contributed by atoms with van der Waals surface area (Å²) in [5, 5.41) is 3.30. The first-order valence-electron chi connectivity index (χ1n) is 6.35. The Morgan fingerprint density at radius 2 is 2.16 bits per heavy atom. The van der Waals surface area contributed by atoms with Gasteiger partial charge in [0.1, 0.15) is 5.75 Å². The van der Waals surface area contributed by atoms with Gasteiger partial charge in [-0.1, -0.05) is 18.5 Å². The number of Topliss-reactive ketones (excluding diaryl/α,β-unsaturated/α-hetero) is 1. The molecular weight excluding hydrogens is 266 g/mol. The Morgan fingerprint density at radius 3 is 2.79 bits per heavy atom. The van der Waals surface area contributed by atoms with Crippen molar-refractivity contribution in [1.82, 2.24) is 5.32 Å². The fourth-order valence-electron chi connectivity index (χ4n) is 1.68. The molecule has 0 saturated heterocycles. The zero-order valence-electron chi connectivity index (χ0n) is 10.7. The molecule has 0 unspecified atom stereocenters. The number of halogens is 1. The van der Waals surface area contributed by atoms with Crippen LogP contribution in [0.15, 0.2) is 18.2 Å². The Bertz CT molecular complexity index is 497. The van der Waals surface area contributed by atoms with Gasteiger partial charge in [0.05, 0.1) is 5.56 Å². The predicted octanol–water partition coefficient (Wildman–Crippen LogP) is 2.59. The van der Waals surface area contributed by atoms with Gasteiger partial charge in [-0.3, -0.25) is 9.59 Å². The fraction of sp³-hybridized carbons (Fsp3) is 0.429. The van der Waals surface area contributed by atoms with Crippen molar-refractivity contribution in [2.75, 3.05) is 6.61 Å². The van der Waals surface area contributed by atoms with Crippen LogP contribution in [0.5, 0.6) is 5.75 Å². The maximum Gasteiger partial charge on any atom is 0.258 e. The SMILES string of the molecule is CCC(=O)c1cc(Cl)ccc1OCC(=O)NC1CC1. The number of hydrogen-bond donors (Lipinski definition) is 1. The molecule has 5 heteroatoms. The molecule has 0 aliphatic heterocycles. The van der Waals surface area contributed by atoms with Crippen LogP contribution in [0.1, 0.15) is 36.5 Å². The molecule has 2 rings (SSSR count). The molecule has 0 radical (unpaired) electrons. The quantitative estimate of drug-likeness (QED) is 0.816. The topological polar surface area (TPSA) is 55.4 Å². The van der Waals surface area contributed by atoms with E-state index in [0.29, 0.717) is 28.8 Å². The standard InChI is InChI=1S/C14H16ClNO3/c1-2-12(17)11-7-9(15)3-6-13(11)19-8-14(18)16-10-4-5-10/h3,6-7,10H,2,4-5,8H2,1H3,(H,16,18). The van der Waals surface area contributed by atoms with Crippen LogP contribution in [-0.4, -0.2) is 24.3 Å². The average Bonchev–Trinajstić information content (AvgIpc) is 3.20. The van der Waals surface area contributed by atoms with Gasteiger partial charge in [-0.05, 0) is 31.0 Å². The van der Waals surface area contributed by atoms with Crippen LogP contribution in [0.4, 0.5) is 0 Å². The van der Waals surface area contributed by atoms with E-state index in [1.54, 1.807) is 25.1 Å². The second-order valence-electron chi connectivity index (χ2n) is 4.55. The van der Waals surface area contributed by atoms with Crippen LogP contribution in [0.25, 0.3) is 0 Å². The van der Waals surface area contributed by atoms with Gasteiger partial charge in [-0.25, -0.2) is 0 Å². The summed E-state index contributed by atoms with van der Waals surface area (Å²) in [5.74, 6) is 0.189. The number of benzene rings is 1. The molecule has 0 heterocycles. The Morgan fingerprint density at radius 1 is 1.42 bits per heavy atom. The number of nitrogens with one attached hydrogen (secondary N) is 1. The minimum Gasteiger partial charge on any atom is -0.483 e. The number of carbonyl (C=O) groups is 2. The maximum atomic E-state index is 11.8. The van der Waals surface area contributed by atoms with E-state index in [1.807, 2.05) is 0 Å². The third-order valence-corrected chi connectivity index (χ3v) is 3.10. The van der Waals surface area contributed by atoms with E-state index in [1.165, 1.54) is 0 Å². The van der Waals surface area contributed by atoms with E-state index in [9.17, 15) is 9.59 Å². The van der Waals surface area contributed by atoms with E-state index in [4.69, 9.17) is 16.3 Å². The molecule has 102 valence electrons. The minimum absolute atomic E-state index is 0.0555. The van der Waals surface area contributed by atoms with E-state index in [0.717, 1.165) is 12.8 Å². The molecule has 1 aromatic rings. The Kier molecular flexibility index (Phi) is 4.43. The lowest BCUT2D eigenvalue weighted by Gasteiger charge is -2.10. The summed E-state index contributed by atoms with van der Waals surface area (Å²) in [6, 6.07) is 5.14. The number of amides is 1. The highest BCUT2D eigenvalue weighted by Crippen LogP contribution is 2.24. The van der Waals surface area contributed by atoms with Gasteiger partial charge < -0.3 is 10.1 Å². The maximum absolute atomic E-state index is 11.8. The van der Waals surface area contributed by atoms with E-state index >= 15 is 0 Å². The second-order valence-corrected chi connectivity index (χ2v) is 4.98. The van der Waals surface area contributed by atoms with Crippen molar-refractivity contribution in [3.63, 3.8) is 0 Å². The minimum atomic E-state index is -0.160. The molecule has 1 N–H and O–H groups in total. The number of ether oxygens (including phenoxy) is 1. The van der Waals surface area contributed by atoms with E-state index in [2.05, 4.69) is 5.32 Å². The Balaban J connectivity index is 2.01. The first-order valence-corrected chi connectivity index (χ1v) is 6.73. The van der Waals surface area contributed by atoms with Crippen LogP contribution in [0.2, 0.25) is 5.02 Å². The van der Waals surface area contributed by atoms with Crippen molar-refractivity contribution >= 4 is 23.3 Å². The van der Waals surface area contributed by atoms with Crippen molar-refractivity contribution in [2.45, 2.75) is 32.2 Å². The summed E-state index contributed by atoms with van der Waals surface area (Å²) in [5.41, 5.74) is 0.425. The third kappa shape index (κ3) is 3.96. The van der Waals surface area contributed by atoms with E-state index < -0.39 is 0 Å². The number of carbonyl (C=O) groups excluding carboxylic acids is 2. The molecule has 19 heavy (non-hydrogen) atoms. The lowest BCUT2D eigenvalue weighted by atomic mass is 10.1. The first-order chi connectivity index (χ1) is 9.10. The molecule has 0 bridgehead atoms. The van der Waals surface area contributed by atoms with Crippen LogP contribution in [0.3, 0.4) is 0 Å². The number of rotatable bonds is 6. The molecule has 0 aromatic heterocycles. The molecule has 1 amide bonds. The second kappa shape index (κ2) is 6.06. The monoisotopic (exact) mass is 281 g/mol. The summed E-state index contributed by atoms with van der Waals surface area (Å²) >= 11 is 5.87. The van der Waals surface area contributed by atoms with Crippen LogP contribution < -0.4 is 10.1 Å². The molecular formula is C14H16ClNO3. The van der Waals surface area contributed by atoms with Crippen molar-refractivity contribution in [3.05, 3.63) is 28.8 Å². The van der Waals surface area contributed by atoms with Gasteiger partial charge in [-0.2, -0.15) is 0 Å². The van der Waals surface area contributed by atoms with Crippen LogP contribution in [-0.2, 0) is 4.79 Å². The van der Waals surface area contributed by atoms with Gasteiger partial charge in [0.2, 0.25) is 0 Å². The molecule has 1 saturated carbocycles. The summed E-state index contributed by atoms with van der Waals surface area (Å²) in [7, 11) is 0. The number of hydrogen-bond acceptors (Lipinski definition) is 3. The van der Waals surface area contributed by atoms with Gasteiger partial charge in [-0.15, -0.1) is 0 Å². The van der Waals surface area contributed by atoms with Crippen LogP contribution in [0, 0.1) is 0 Å². The van der Waals surface area contributed by atoms with Crippen molar-refractivity contribution in [2.24, 2.45) is 0 Å². The lowest BCUT2D eigenvalue weighted by molar-refractivity contribution is -0.123. The molecule has 1 fully saturated rings. The smallest absolute Gasteiger partial charge is 0.258 e. The fourth-order valence-corrected chi connectivity index (χ4v) is 1.85. The highest BCUT2D eigenvalue weighted by Gasteiger charge is 2.23. The summed E-state index contributed by atoms with van der Waals surface area (Å²) in [6.07, 6.45) is 2.43. The molecule has 1 aliphatic carbocycles. The predicted molar refractivity (Wildman–Crippen MR) is 72.7 cm³/mol. The van der Waals surface area contributed by atoms with Gasteiger partial charge >= 0.3 is 0 Å². The average molecular weight is 282 g/mol. The zero-order valence-corrected chi connectivity index (χ0v) is 11.5. The van der Waals surface area contributed by atoms with Crippen molar-refractivity contribution in [1.29, 1.82) is 0 Å². The van der Waals surface area contributed by atoms with Gasteiger partial charge in [0.15, 0.2) is 12.4 Å². The Labute approximate surface area is 117 Å². The molecule has 1 aliphatic rings. The summed E-state index contributed by atoms with van der Waals surface area (Å²) in [4.78, 5) is 23.3. The molecule has 1 aromatic carbocycles. The van der Waals surface area contributed by atoms with E-state index in [-0.39, 0.29) is 18.3 Å². The molecule has 0 spiro atoms. The largest absolute Gasteiger partial charge is 0.483 e. The Hall–Kier alpha value is -1.55. The normalized spacial score (nSPS) is 14.0. The molecule has 0 atom stereocenters. The van der Waals surface area contributed by atoms with Gasteiger partial charge in [0, 0.05) is 17.5 Å². The van der Waals surface area contributed by atoms with Crippen molar-refractivity contribution < 1.29 is 14.3 Å². The highest BCUT2D eigenvalue weighted by atomic mass is 35.5. The molecule has 4 nitrogen and oxygen atoms in total. The first kappa shape index (κ1) is 13.9. The summed E-state index contributed by atoms with van der Waals surface area (Å²) in [6.45, 7) is 1.69. The zero-order chi connectivity index (χ0) is 13.8. The highest BCUT2D eigenvalue weighted by molar-refractivity contribution is 6.31. The third-order valence-electron chi connectivity index (χ3n) is 2.86. The van der Waals surface area contributed by atoms with Crippen molar-refractivity contribution in [3.8, 4) is 5.75 Å². The number of ketones is 1.